The molecule has 0 unspecified atom stereocenters. The Hall–Kier alpha value is -5.37. The third kappa shape index (κ3) is 6.13. The summed E-state index contributed by atoms with van der Waals surface area (Å²) in [6.07, 6.45) is 0. The van der Waals surface area contributed by atoms with Gasteiger partial charge in [-0.3, -0.25) is 4.98 Å². The van der Waals surface area contributed by atoms with Gasteiger partial charge in [0.2, 0.25) is 0 Å². The summed E-state index contributed by atoms with van der Waals surface area (Å²) in [5, 5.41) is 9.73. The van der Waals surface area contributed by atoms with Crippen LogP contribution in [-0.2, 0) is 37.3 Å². The Balaban J connectivity index is 0.00000436. The van der Waals surface area contributed by atoms with Gasteiger partial charge in [0.1, 0.15) is 5.65 Å². The van der Waals surface area contributed by atoms with Crippen molar-refractivity contribution in [3.63, 3.8) is 0 Å². The molecule has 0 aliphatic heterocycles. The molecule has 0 saturated heterocycles. The van der Waals surface area contributed by atoms with E-state index in [4.69, 9.17) is 9.97 Å². The molecule has 0 amide bonds. The van der Waals surface area contributed by atoms with E-state index >= 15 is 0 Å². The van der Waals surface area contributed by atoms with Crippen molar-refractivity contribution in [2.45, 2.75) is 78.6 Å². The number of benzene rings is 6. The Kier molecular flexibility index (Phi) is 8.77. The van der Waals surface area contributed by atoms with E-state index in [-0.39, 0.29) is 37.3 Å². The van der Waals surface area contributed by atoms with Crippen LogP contribution in [0.5, 0.6) is 0 Å². The summed E-state index contributed by atoms with van der Waals surface area (Å²) in [5.41, 5.74) is 12.6. The van der Waals surface area contributed by atoms with E-state index in [0.29, 0.717) is 0 Å². The SMILES string of the molecule is CC(C)(C)c1cc(-c2[c-]ccc(-c3ccccc3)c2)nc(-c2cc3cc(C(C)(C)C)cc4c5cc(C(C)(C)C)cc6c7c8ccccc8c[c-]c7n(c(n2)c34)c56)c1.[Pt+2]. The van der Waals surface area contributed by atoms with Gasteiger partial charge >= 0.3 is 21.1 Å². The second kappa shape index (κ2) is 13.3. The molecule has 0 radical (unpaired) electrons. The topological polar surface area (TPSA) is 30.2 Å². The second-order valence-electron chi connectivity index (χ2n) is 19.0. The number of rotatable bonds is 3. The predicted molar refractivity (Wildman–Crippen MR) is 242 cm³/mol. The summed E-state index contributed by atoms with van der Waals surface area (Å²) in [6, 6.07) is 51.5. The number of nitrogens with zero attached hydrogens (tertiary/aromatic N) is 3. The predicted octanol–water partition coefficient (Wildman–Crippen LogP) is 14.4. The summed E-state index contributed by atoms with van der Waals surface area (Å²) in [5.74, 6) is 0. The van der Waals surface area contributed by atoms with Gasteiger partial charge < -0.3 is 4.40 Å². The smallest absolute Gasteiger partial charge is 0.318 e. The van der Waals surface area contributed by atoms with Gasteiger partial charge in [0, 0.05) is 16.3 Å². The van der Waals surface area contributed by atoms with Crippen LogP contribution in [0.15, 0.2) is 121 Å². The first-order valence-corrected chi connectivity index (χ1v) is 20.2. The molecule has 0 aliphatic rings. The Morgan fingerprint density at radius 3 is 1.84 bits per heavy atom. The van der Waals surface area contributed by atoms with Crippen molar-refractivity contribution in [1.29, 1.82) is 0 Å². The van der Waals surface area contributed by atoms with Gasteiger partial charge in [-0.2, -0.15) is 12.1 Å². The van der Waals surface area contributed by atoms with Gasteiger partial charge in [-0.15, -0.1) is 52.2 Å². The van der Waals surface area contributed by atoms with E-state index in [9.17, 15) is 0 Å². The van der Waals surface area contributed by atoms with Crippen LogP contribution in [0.3, 0.4) is 0 Å². The van der Waals surface area contributed by atoms with Gasteiger partial charge in [0.15, 0.2) is 0 Å². The first kappa shape index (κ1) is 38.2. The van der Waals surface area contributed by atoms with Crippen molar-refractivity contribution in [2.75, 3.05) is 0 Å². The van der Waals surface area contributed by atoms with Crippen molar-refractivity contribution in [3.8, 4) is 33.8 Å². The quantitative estimate of drug-likeness (QED) is 0.100. The van der Waals surface area contributed by atoms with Gasteiger partial charge in [0.25, 0.3) is 0 Å². The van der Waals surface area contributed by atoms with Crippen LogP contribution in [0.4, 0.5) is 0 Å². The second-order valence-corrected chi connectivity index (χ2v) is 19.0. The van der Waals surface area contributed by atoms with Gasteiger partial charge in [-0.05, 0) is 84.6 Å². The number of aromatic nitrogens is 3. The van der Waals surface area contributed by atoms with E-state index in [1.807, 2.05) is 6.07 Å². The molecule has 0 spiro atoms. The average Bonchev–Trinajstić information content (AvgIpc) is 3.54. The number of fused-ring (bicyclic) bond motifs is 7. The first-order chi connectivity index (χ1) is 27.1. The Morgan fingerprint density at radius 2 is 1.10 bits per heavy atom. The largest absolute Gasteiger partial charge is 2.00 e. The van der Waals surface area contributed by atoms with Gasteiger partial charge in [0.05, 0.1) is 11.4 Å². The molecular weight excluding hydrogens is 886 g/mol. The van der Waals surface area contributed by atoms with E-state index in [1.165, 1.54) is 70.9 Å². The summed E-state index contributed by atoms with van der Waals surface area (Å²) in [7, 11) is 0. The van der Waals surface area contributed by atoms with E-state index in [1.54, 1.807) is 0 Å². The summed E-state index contributed by atoms with van der Waals surface area (Å²) >= 11 is 0. The van der Waals surface area contributed by atoms with Crippen LogP contribution < -0.4 is 0 Å². The maximum atomic E-state index is 5.68. The van der Waals surface area contributed by atoms with Crippen molar-refractivity contribution < 1.29 is 21.1 Å². The van der Waals surface area contributed by atoms with E-state index in [0.717, 1.165) is 39.4 Å². The Labute approximate surface area is 355 Å². The van der Waals surface area contributed by atoms with Crippen LogP contribution in [0.1, 0.15) is 79.0 Å². The fourth-order valence-corrected chi connectivity index (χ4v) is 8.65. The van der Waals surface area contributed by atoms with Crippen LogP contribution in [0, 0.1) is 12.1 Å². The van der Waals surface area contributed by atoms with E-state index < -0.39 is 0 Å². The standard InChI is InChI=1S/C54H47N3.Pt/c1-52(2,3)37-25-36-26-45(46-31-39(54(7,8)9)30-44(55-46)35-20-15-19-34(24-35)32-16-11-10-12-17-32)56-51-48(36)41(27-37)42-28-38(53(4,5)6)29-43-49-40-21-14-13-18-33(40)22-23-47(49)57(51)50(42)43;/h10-19,21-22,24-31H,1-9H3;/q-2;+2. The molecular formula is C54H47N3Pt. The molecule has 4 heterocycles. The van der Waals surface area contributed by atoms with Crippen molar-refractivity contribution in [2.24, 2.45) is 0 Å². The molecule has 10 aromatic rings. The summed E-state index contributed by atoms with van der Waals surface area (Å²) in [4.78, 5) is 11.1. The Bertz CT molecular complexity index is 3220. The van der Waals surface area contributed by atoms with Crippen LogP contribution in [0.2, 0.25) is 0 Å². The molecule has 0 saturated carbocycles. The fraction of sp³-hybridized carbons (Fsp3) is 0.222. The zero-order valence-electron chi connectivity index (χ0n) is 34.7. The monoisotopic (exact) mass is 932 g/mol. The molecule has 10 rings (SSSR count). The van der Waals surface area contributed by atoms with Crippen LogP contribution >= 0.6 is 0 Å². The third-order valence-electron chi connectivity index (χ3n) is 11.9. The summed E-state index contributed by atoms with van der Waals surface area (Å²) in [6.45, 7) is 20.7. The van der Waals surface area contributed by atoms with Crippen molar-refractivity contribution >= 4 is 59.8 Å². The number of pyridine rings is 3. The molecule has 3 nitrogen and oxygen atoms in total. The van der Waals surface area contributed by atoms with E-state index in [2.05, 4.69) is 194 Å². The zero-order valence-corrected chi connectivity index (χ0v) is 37.0. The minimum Gasteiger partial charge on any atom is -0.318 e. The molecule has 0 N–H and O–H groups in total. The maximum Gasteiger partial charge on any atom is 2.00 e. The molecule has 0 atom stereocenters. The molecule has 0 aliphatic carbocycles. The molecule has 4 aromatic heterocycles. The average molecular weight is 933 g/mol. The normalized spacial score (nSPS) is 12.8. The van der Waals surface area contributed by atoms with Crippen LogP contribution in [-0.4, -0.2) is 14.4 Å². The first-order valence-electron chi connectivity index (χ1n) is 20.2. The minimum absolute atomic E-state index is 0. The molecule has 288 valence electrons. The number of hydrogen-bond acceptors (Lipinski definition) is 2. The van der Waals surface area contributed by atoms with Gasteiger partial charge in [-0.1, -0.05) is 140 Å². The molecule has 0 bridgehead atoms. The van der Waals surface area contributed by atoms with Crippen LogP contribution in [0.25, 0.3) is 93.5 Å². The molecule has 58 heavy (non-hydrogen) atoms. The zero-order chi connectivity index (χ0) is 39.6. The van der Waals surface area contributed by atoms with Crippen molar-refractivity contribution in [3.05, 3.63) is 150 Å². The fourth-order valence-electron chi connectivity index (χ4n) is 8.65. The summed E-state index contributed by atoms with van der Waals surface area (Å²) < 4.78 is 2.40. The minimum atomic E-state index is -0.121. The third-order valence-corrected chi connectivity index (χ3v) is 11.9. The molecule has 4 heteroatoms. The maximum absolute atomic E-state index is 5.68. The van der Waals surface area contributed by atoms with Gasteiger partial charge in [-0.25, -0.2) is 4.98 Å². The Morgan fingerprint density at radius 1 is 0.483 bits per heavy atom. The van der Waals surface area contributed by atoms with Crippen molar-refractivity contribution in [1.82, 2.24) is 14.4 Å². The number of hydrogen-bond donors (Lipinski definition) is 0. The molecule has 6 aromatic carbocycles. The molecule has 0 fully saturated rings.